The van der Waals surface area contributed by atoms with E-state index in [0.29, 0.717) is 37.8 Å². The molecule has 0 heterocycles. The lowest BCUT2D eigenvalue weighted by Gasteiger charge is -2.22. The summed E-state index contributed by atoms with van der Waals surface area (Å²) in [6.07, 6.45) is 4.14. The summed E-state index contributed by atoms with van der Waals surface area (Å²) in [5.41, 5.74) is 3.46. The van der Waals surface area contributed by atoms with Gasteiger partial charge < -0.3 is 24.2 Å². The molecule has 3 aromatic carbocycles. The molecule has 0 fully saturated rings. The number of nitrogens with zero attached hydrogens (tertiary/aromatic N) is 1. The number of benzene rings is 3. The number of aliphatic carboxylic acids is 1. The average Bonchev–Trinajstić information content (AvgIpc) is 3.45. The van der Waals surface area contributed by atoms with Gasteiger partial charge in [-0.05, 0) is 97.9 Å². The Kier molecular flexibility index (Phi) is 11.9. The molecule has 1 aliphatic rings. The highest BCUT2D eigenvalue weighted by atomic mass is 32.2. The molecule has 0 aliphatic heterocycles. The molecule has 0 saturated heterocycles. The fourth-order valence-electron chi connectivity index (χ4n) is 4.81. The quantitative estimate of drug-likeness (QED) is 0.151. The van der Waals surface area contributed by atoms with E-state index in [4.69, 9.17) is 14.2 Å². The van der Waals surface area contributed by atoms with Crippen molar-refractivity contribution >= 4 is 23.8 Å². The van der Waals surface area contributed by atoms with Crippen molar-refractivity contribution in [3.8, 4) is 11.5 Å². The molecule has 1 amide bonds. The van der Waals surface area contributed by atoms with Crippen LogP contribution in [0.2, 0.25) is 0 Å². The first-order chi connectivity index (χ1) is 20.0. The van der Waals surface area contributed by atoms with Gasteiger partial charge in [-0.2, -0.15) is 0 Å². The van der Waals surface area contributed by atoms with Gasteiger partial charge in [0.25, 0.3) is 0 Å². The molecule has 0 radical (unpaired) electrons. The van der Waals surface area contributed by atoms with Crippen LogP contribution >= 0.6 is 11.8 Å². The highest BCUT2D eigenvalue weighted by Crippen LogP contribution is 2.26. The molecule has 0 bridgehead atoms. The maximum absolute atomic E-state index is 13.2. The van der Waals surface area contributed by atoms with E-state index < -0.39 is 12.1 Å². The summed E-state index contributed by atoms with van der Waals surface area (Å²) in [4.78, 5) is 27.5. The average molecular weight is 578 g/mol. The second-order valence-electron chi connectivity index (χ2n) is 9.99. The summed E-state index contributed by atoms with van der Waals surface area (Å²) in [7, 11) is 0. The van der Waals surface area contributed by atoms with Crippen LogP contribution in [0.15, 0.2) is 77.7 Å². The van der Waals surface area contributed by atoms with Gasteiger partial charge in [-0.15, -0.1) is 11.8 Å². The molecule has 218 valence electrons. The first kappa shape index (κ1) is 30.5. The molecule has 1 unspecified atom stereocenters. The standard InChI is InChI=1S/C33H39NO6S/c1-2-38-31(32(35)36)23-25-13-16-28(17-14-25)39-21-20-34(19-6-7-22-41-30-11-4-3-5-12-30)33(37)40-29-18-15-26-9-8-10-27(26)24-29/h3-5,11-18,24,31H,2,6-10,19-23H2,1H3,(H,35,36). The Hall–Kier alpha value is -3.49. The molecule has 7 nitrogen and oxygen atoms in total. The highest BCUT2D eigenvalue weighted by molar-refractivity contribution is 7.99. The van der Waals surface area contributed by atoms with Crippen molar-refractivity contribution < 1.29 is 28.9 Å². The van der Waals surface area contributed by atoms with Gasteiger partial charge in [0.15, 0.2) is 6.10 Å². The Labute approximate surface area is 246 Å². The molecule has 1 aliphatic carbocycles. The number of amides is 1. The van der Waals surface area contributed by atoms with E-state index in [9.17, 15) is 14.7 Å². The number of ether oxygens (including phenoxy) is 3. The lowest BCUT2D eigenvalue weighted by Crippen LogP contribution is -2.37. The van der Waals surface area contributed by atoms with Crippen molar-refractivity contribution in [3.05, 3.63) is 89.5 Å². The minimum absolute atomic E-state index is 0.286. The zero-order valence-corrected chi connectivity index (χ0v) is 24.4. The van der Waals surface area contributed by atoms with Crippen molar-refractivity contribution in [3.63, 3.8) is 0 Å². The molecule has 0 spiro atoms. The van der Waals surface area contributed by atoms with Crippen molar-refractivity contribution in [2.75, 3.05) is 32.1 Å². The summed E-state index contributed by atoms with van der Waals surface area (Å²) in [6.45, 7) is 3.41. The maximum Gasteiger partial charge on any atom is 0.415 e. The zero-order chi connectivity index (χ0) is 28.9. The van der Waals surface area contributed by atoms with Gasteiger partial charge in [0.2, 0.25) is 0 Å². The van der Waals surface area contributed by atoms with Crippen LogP contribution in [-0.4, -0.2) is 60.2 Å². The van der Waals surface area contributed by atoms with Crippen LogP contribution in [0.1, 0.15) is 42.9 Å². The monoisotopic (exact) mass is 577 g/mol. The Morgan fingerprint density at radius 1 is 0.927 bits per heavy atom. The second-order valence-corrected chi connectivity index (χ2v) is 11.2. The number of rotatable bonds is 16. The molecule has 4 rings (SSSR count). The van der Waals surface area contributed by atoms with Gasteiger partial charge in [0.1, 0.15) is 18.1 Å². The van der Waals surface area contributed by atoms with Gasteiger partial charge in [-0.1, -0.05) is 36.4 Å². The minimum Gasteiger partial charge on any atom is -0.492 e. The lowest BCUT2D eigenvalue weighted by molar-refractivity contribution is -0.149. The van der Waals surface area contributed by atoms with E-state index in [-0.39, 0.29) is 12.5 Å². The van der Waals surface area contributed by atoms with Gasteiger partial charge in [-0.3, -0.25) is 0 Å². The van der Waals surface area contributed by atoms with Gasteiger partial charge in [0, 0.05) is 24.5 Å². The van der Waals surface area contributed by atoms with E-state index in [1.54, 1.807) is 11.8 Å². The summed E-state index contributed by atoms with van der Waals surface area (Å²) in [5, 5.41) is 9.32. The Balaban J connectivity index is 1.29. The van der Waals surface area contributed by atoms with Crippen LogP contribution in [0.3, 0.4) is 0 Å². The number of carboxylic acid groups (broad SMARTS) is 1. The second kappa shape index (κ2) is 16.1. The molecule has 1 atom stereocenters. The van der Waals surface area contributed by atoms with Crippen molar-refractivity contribution in [2.45, 2.75) is 56.4 Å². The number of fused-ring (bicyclic) bond motifs is 1. The van der Waals surface area contributed by atoms with Gasteiger partial charge in [0.05, 0.1) is 6.54 Å². The number of hydrogen-bond acceptors (Lipinski definition) is 6. The molecule has 41 heavy (non-hydrogen) atoms. The highest BCUT2D eigenvalue weighted by Gasteiger charge is 2.19. The zero-order valence-electron chi connectivity index (χ0n) is 23.6. The summed E-state index contributed by atoms with van der Waals surface area (Å²) < 4.78 is 17.0. The predicted octanol–water partition coefficient (Wildman–Crippen LogP) is 6.66. The molecule has 0 saturated carbocycles. The topological polar surface area (TPSA) is 85.3 Å². The maximum atomic E-state index is 13.2. The van der Waals surface area contributed by atoms with Crippen LogP contribution < -0.4 is 9.47 Å². The molecule has 1 N–H and O–H groups in total. The number of hydrogen-bond donors (Lipinski definition) is 1. The number of carboxylic acids is 1. The van der Waals surface area contributed by atoms with E-state index in [0.717, 1.165) is 43.4 Å². The van der Waals surface area contributed by atoms with Gasteiger partial charge >= 0.3 is 12.1 Å². The Bertz CT molecular complexity index is 1250. The number of thioether (sulfide) groups is 1. The van der Waals surface area contributed by atoms with Crippen LogP contribution in [0.4, 0.5) is 4.79 Å². The summed E-state index contributed by atoms with van der Waals surface area (Å²) >= 11 is 1.82. The third-order valence-corrected chi connectivity index (χ3v) is 8.08. The third kappa shape index (κ3) is 9.83. The third-order valence-electron chi connectivity index (χ3n) is 6.99. The van der Waals surface area contributed by atoms with Crippen LogP contribution in [0.25, 0.3) is 0 Å². The van der Waals surface area contributed by atoms with E-state index in [2.05, 4.69) is 18.2 Å². The normalized spacial score (nSPS) is 12.9. The fourth-order valence-corrected chi connectivity index (χ4v) is 5.74. The minimum atomic E-state index is -0.974. The Morgan fingerprint density at radius 3 is 2.44 bits per heavy atom. The number of unbranched alkanes of at least 4 members (excludes halogenated alkanes) is 1. The lowest BCUT2D eigenvalue weighted by atomic mass is 10.1. The molecular formula is C33H39NO6S. The smallest absolute Gasteiger partial charge is 0.415 e. The number of carbonyl (C=O) groups excluding carboxylic acids is 1. The predicted molar refractivity (Wildman–Crippen MR) is 161 cm³/mol. The van der Waals surface area contributed by atoms with E-state index >= 15 is 0 Å². The molecule has 3 aromatic rings. The van der Waals surface area contributed by atoms with E-state index in [1.165, 1.54) is 16.0 Å². The van der Waals surface area contributed by atoms with Crippen molar-refractivity contribution in [1.82, 2.24) is 4.90 Å². The van der Waals surface area contributed by atoms with E-state index in [1.807, 2.05) is 66.4 Å². The van der Waals surface area contributed by atoms with Crippen molar-refractivity contribution in [1.29, 1.82) is 0 Å². The molecule has 0 aromatic heterocycles. The number of carbonyl (C=O) groups is 2. The fraction of sp³-hybridized carbons (Fsp3) is 0.394. The summed E-state index contributed by atoms with van der Waals surface area (Å²) in [5.74, 6) is 1.25. The van der Waals surface area contributed by atoms with Gasteiger partial charge in [-0.25, -0.2) is 9.59 Å². The summed E-state index contributed by atoms with van der Waals surface area (Å²) in [6, 6.07) is 23.6. The van der Waals surface area contributed by atoms with Crippen LogP contribution in [-0.2, 0) is 28.8 Å². The number of aryl methyl sites for hydroxylation is 2. The Morgan fingerprint density at radius 2 is 1.68 bits per heavy atom. The first-order valence-electron chi connectivity index (χ1n) is 14.3. The first-order valence-corrected chi connectivity index (χ1v) is 15.3. The van der Waals surface area contributed by atoms with Crippen molar-refractivity contribution in [2.24, 2.45) is 0 Å². The largest absolute Gasteiger partial charge is 0.492 e. The van der Waals surface area contributed by atoms with Crippen LogP contribution in [0, 0.1) is 0 Å². The molecular weight excluding hydrogens is 538 g/mol. The van der Waals surface area contributed by atoms with Crippen LogP contribution in [0.5, 0.6) is 11.5 Å². The SMILES string of the molecule is CCOC(Cc1ccc(OCCN(CCCCSc2ccccc2)C(=O)Oc2ccc3c(c2)CCC3)cc1)C(=O)O. The molecule has 8 heteroatoms.